The van der Waals surface area contributed by atoms with E-state index in [-0.39, 0.29) is 22.4 Å². The molecule has 3 heterocycles. The van der Waals surface area contributed by atoms with Gasteiger partial charge in [0.25, 0.3) is 0 Å². The van der Waals surface area contributed by atoms with Gasteiger partial charge in [0.1, 0.15) is 41.5 Å². The van der Waals surface area contributed by atoms with Crippen LogP contribution in [0.25, 0.3) is 0 Å². The Bertz CT molecular complexity index is 2340. The van der Waals surface area contributed by atoms with Gasteiger partial charge in [0.2, 0.25) is 0 Å². The van der Waals surface area contributed by atoms with Crippen molar-refractivity contribution in [2.45, 2.75) is 108 Å². The van der Waals surface area contributed by atoms with Gasteiger partial charge in [0, 0.05) is 32.9 Å². The Balaban J connectivity index is 1.61. The summed E-state index contributed by atoms with van der Waals surface area (Å²) in [6.45, 7) is 6.74. The summed E-state index contributed by atoms with van der Waals surface area (Å²) in [5, 5.41) is 26.7. The highest BCUT2D eigenvalue weighted by Crippen LogP contribution is 2.69. The van der Waals surface area contributed by atoms with E-state index in [1.54, 1.807) is 19.1 Å². The highest BCUT2D eigenvalue weighted by molar-refractivity contribution is 5.92. The Hall–Kier alpha value is -6.24. The van der Waals surface area contributed by atoms with E-state index in [2.05, 4.69) is 4.98 Å². The molecular formula is C46H49NO17. The quantitative estimate of drug-likeness (QED) is 0.244. The third-order valence-corrected chi connectivity index (χ3v) is 13.1. The van der Waals surface area contributed by atoms with Crippen molar-refractivity contribution in [2.24, 2.45) is 17.3 Å². The predicted molar refractivity (Wildman–Crippen MR) is 216 cm³/mol. The lowest BCUT2D eigenvalue weighted by Crippen LogP contribution is -2.89. The molecule has 340 valence electrons. The highest BCUT2D eigenvalue weighted by Gasteiger charge is 2.91. The van der Waals surface area contributed by atoms with Crippen LogP contribution >= 0.6 is 0 Å². The maximum Gasteiger partial charge on any atom is 0.340 e. The molecule has 2 saturated carbocycles. The number of hydrogen-bond donors (Lipinski definition) is 2. The molecule has 0 amide bonds. The molecular weight excluding hydrogens is 838 g/mol. The minimum atomic E-state index is -2.86. The van der Waals surface area contributed by atoms with Gasteiger partial charge in [0.05, 0.1) is 40.3 Å². The molecule has 64 heavy (non-hydrogen) atoms. The van der Waals surface area contributed by atoms with E-state index in [0.29, 0.717) is 0 Å². The van der Waals surface area contributed by atoms with Crippen molar-refractivity contribution in [3.63, 3.8) is 0 Å². The van der Waals surface area contributed by atoms with Crippen molar-refractivity contribution in [3.05, 3.63) is 101 Å². The van der Waals surface area contributed by atoms with Gasteiger partial charge in [-0.3, -0.25) is 24.2 Å². The number of esters is 7. The fourth-order valence-corrected chi connectivity index (χ4v) is 10.1. The smallest absolute Gasteiger partial charge is 0.340 e. The molecule has 4 bridgehead atoms. The second-order valence-electron chi connectivity index (χ2n) is 17.1. The van der Waals surface area contributed by atoms with Crippen molar-refractivity contribution >= 4 is 41.8 Å². The predicted octanol–water partition coefficient (Wildman–Crippen LogP) is 3.05. The van der Waals surface area contributed by atoms with Crippen molar-refractivity contribution in [1.82, 2.24) is 4.98 Å². The number of aliphatic hydroxyl groups is 2. The summed E-state index contributed by atoms with van der Waals surface area (Å²) in [5.74, 6) is -10.8. The zero-order valence-electron chi connectivity index (χ0n) is 36.1. The van der Waals surface area contributed by atoms with Crippen LogP contribution in [0.4, 0.5) is 0 Å². The molecule has 18 heteroatoms. The zero-order chi connectivity index (χ0) is 46.5. The summed E-state index contributed by atoms with van der Waals surface area (Å²) in [7, 11) is 0. The number of rotatable bonds is 8. The number of ether oxygens (including phenoxy) is 8. The summed E-state index contributed by atoms with van der Waals surface area (Å²) in [6, 6.07) is 17.9. The molecule has 1 aromatic heterocycles. The molecule has 2 aromatic carbocycles. The third-order valence-electron chi connectivity index (χ3n) is 13.1. The highest BCUT2D eigenvalue weighted by atomic mass is 16.7. The van der Waals surface area contributed by atoms with E-state index in [4.69, 9.17) is 37.9 Å². The number of nitrogens with zero attached hydrogens (tertiary/aromatic N) is 1. The van der Waals surface area contributed by atoms with Crippen LogP contribution in [0.5, 0.6) is 0 Å². The van der Waals surface area contributed by atoms with Gasteiger partial charge in [-0.05, 0) is 50.2 Å². The lowest BCUT2D eigenvalue weighted by atomic mass is 9.45. The van der Waals surface area contributed by atoms with Crippen LogP contribution < -0.4 is 0 Å². The number of pyridine rings is 1. The van der Waals surface area contributed by atoms with E-state index < -0.39 is 132 Å². The van der Waals surface area contributed by atoms with Crippen LogP contribution in [0.3, 0.4) is 0 Å². The van der Waals surface area contributed by atoms with E-state index >= 15 is 0 Å². The van der Waals surface area contributed by atoms with Gasteiger partial charge in [-0.25, -0.2) is 14.4 Å². The van der Waals surface area contributed by atoms with Gasteiger partial charge >= 0.3 is 41.8 Å². The molecule has 7 rings (SSSR count). The molecule has 1 saturated heterocycles. The van der Waals surface area contributed by atoms with E-state index in [9.17, 15) is 43.8 Å². The Morgan fingerprint density at radius 2 is 1.30 bits per heavy atom. The summed E-state index contributed by atoms with van der Waals surface area (Å²) in [6.07, 6.45) is -11.1. The van der Waals surface area contributed by atoms with E-state index in [0.717, 1.165) is 27.7 Å². The number of aliphatic hydroxyl groups excluding tert-OH is 1. The van der Waals surface area contributed by atoms with Crippen LogP contribution in [-0.4, -0.2) is 124 Å². The average molecular weight is 888 g/mol. The Morgan fingerprint density at radius 1 is 0.750 bits per heavy atom. The van der Waals surface area contributed by atoms with Crippen LogP contribution in [0.15, 0.2) is 79.0 Å². The van der Waals surface area contributed by atoms with Crippen molar-refractivity contribution < 1.29 is 81.7 Å². The molecule has 1 spiro atoms. The molecule has 13 atom stereocenters. The maximum atomic E-state index is 14.6. The SMILES string of the molecule is CC(=O)OC[C@]12[C@H](OC(=O)c3ccccc3)[C@H](OC(C)=O)[C@@H]3[C@@H](O)[C@@]14O[C@@]3(C)COC(=O)c1cccnc1[C@H](C)[C@H](C)C(=O)O[C@@H]([C@H](OC(C)=O)[C@@H]2OC(=O)c1ccccc1)[C@]4(C)O. The molecule has 18 nitrogen and oxygen atoms in total. The first-order valence-corrected chi connectivity index (χ1v) is 20.6. The second-order valence-corrected chi connectivity index (χ2v) is 17.1. The molecule has 3 fully saturated rings. The molecule has 4 aliphatic rings. The van der Waals surface area contributed by atoms with Crippen molar-refractivity contribution in [1.29, 1.82) is 0 Å². The molecule has 2 aliphatic carbocycles. The van der Waals surface area contributed by atoms with E-state index in [1.807, 2.05) is 0 Å². The molecule has 3 aromatic rings. The summed E-state index contributed by atoms with van der Waals surface area (Å²) in [4.78, 5) is 102. The molecule has 0 radical (unpaired) electrons. The first-order valence-electron chi connectivity index (χ1n) is 20.6. The largest absolute Gasteiger partial charge is 0.465 e. The Kier molecular flexibility index (Phi) is 12.2. The standard InChI is InChI=1S/C46H49NO17/c1-23-24(2)39(52)61-36-34(60-27(5)50)38(63-41(54)29-17-12-9-13-18-29)45(22-57-25(3)48)37(62-40(53)28-15-10-8-11-16-28)33(59-26(4)49)31-35(51)46(45,44(36,7)56)64-43(31,6)21-58-42(55)30-19-14-20-47-32(23)30/h8-20,23-24,31,33-38,51,56H,21-22H2,1-7H3/t23-,24+,31-,33-,34+,35-,36+,37-,38+,43+,44+,45-,46+/m1/s1. The van der Waals surface area contributed by atoms with Crippen LogP contribution in [0.1, 0.15) is 91.2 Å². The second kappa shape index (κ2) is 17.0. The minimum Gasteiger partial charge on any atom is -0.465 e. The average Bonchev–Trinajstić information content (AvgIpc) is 3.46. The topological polar surface area (TPSA) is 247 Å². The zero-order valence-corrected chi connectivity index (χ0v) is 36.1. The van der Waals surface area contributed by atoms with Gasteiger partial charge < -0.3 is 48.1 Å². The van der Waals surface area contributed by atoms with Crippen LogP contribution in [0, 0.1) is 17.3 Å². The number of benzene rings is 2. The normalized spacial score (nSPS) is 35.3. The Labute approximate surface area is 367 Å². The molecule has 2 N–H and O–H groups in total. The number of carbonyl (C=O) groups excluding carboxylic acids is 7. The first kappa shape index (κ1) is 45.8. The minimum absolute atomic E-state index is 0.0386. The Morgan fingerprint density at radius 3 is 1.84 bits per heavy atom. The third kappa shape index (κ3) is 7.36. The number of aromatic nitrogens is 1. The number of hydrogen-bond acceptors (Lipinski definition) is 18. The fourth-order valence-electron chi connectivity index (χ4n) is 10.1. The molecule has 0 unspecified atom stereocenters. The maximum absolute atomic E-state index is 14.6. The van der Waals surface area contributed by atoms with Gasteiger partial charge in [0.15, 0.2) is 24.4 Å². The number of cyclic esters (lactones) is 1. The molecule has 2 aliphatic heterocycles. The lowest BCUT2D eigenvalue weighted by molar-refractivity contribution is -0.384. The summed E-state index contributed by atoms with van der Waals surface area (Å²) < 4.78 is 49.7. The van der Waals surface area contributed by atoms with Crippen LogP contribution in [0.2, 0.25) is 0 Å². The summed E-state index contributed by atoms with van der Waals surface area (Å²) >= 11 is 0. The van der Waals surface area contributed by atoms with Crippen molar-refractivity contribution in [2.75, 3.05) is 13.2 Å². The first-order chi connectivity index (χ1) is 30.2. The summed E-state index contributed by atoms with van der Waals surface area (Å²) in [5.41, 5.74) is -10.5. The van der Waals surface area contributed by atoms with Crippen LogP contribution in [-0.2, 0) is 57.1 Å². The number of carbonyl (C=O) groups is 7. The van der Waals surface area contributed by atoms with E-state index in [1.165, 1.54) is 80.7 Å². The van der Waals surface area contributed by atoms with Gasteiger partial charge in [-0.15, -0.1) is 0 Å². The van der Waals surface area contributed by atoms with Gasteiger partial charge in [-0.2, -0.15) is 0 Å². The number of fused-ring (bicyclic) bond motifs is 5. The lowest BCUT2D eigenvalue weighted by Gasteiger charge is -2.67. The van der Waals surface area contributed by atoms with Crippen molar-refractivity contribution in [3.8, 4) is 0 Å². The monoisotopic (exact) mass is 887 g/mol. The fraction of sp³-hybridized carbons (Fsp3) is 0.478. The van der Waals surface area contributed by atoms with Gasteiger partial charge in [-0.1, -0.05) is 50.2 Å².